The largest absolute Gasteiger partial charge is 0.321 e. The fraction of sp³-hybridized carbons (Fsp3) is 0.105. The SMILES string of the molecule is NC(Cc1ccccc1)C(=O)c1ccc2ccccc2c1. The van der Waals surface area contributed by atoms with E-state index in [4.69, 9.17) is 5.73 Å². The Hall–Kier alpha value is -2.45. The number of ketones is 1. The van der Waals surface area contributed by atoms with Crippen LogP contribution >= 0.6 is 0 Å². The van der Waals surface area contributed by atoms with Gasteiger partial charge in [0.2, 0.25) is 0 Å². The zero-order chi connectivity index (χ0) is 14.7. The molecule has 0 saturated heterocycles. The minimum Gasteiger partial charge on any atom is -0.321 e. The molecule has 0 radical (unpaired) electrons. The first kappa shape index (κ1) is 13.5. The van der Waals surface area contributed by atoms with E-state index in [-0.39, 0.29) is 5.78 Å². The molecule has 0 aliphatic rings. The number of carbonyl (C=O) groups excluding carboxylic acids is 1. The molecule has 3 aromatic carbocycles. The fourth-order valence-electron chi connectivity index (χ4n) is 2.52. The maximum absolute atomic E-state index is 12.5. The number of benzene rings is 3. The third-order valence-corrected chi connectivity index (χ3v) is 3.67. The molecule has 104 valence electrons. The van der Waals surface area contributed by atoms with Crippen molar-refractivity contribution in [1.82, 2.24) is 0 Å². The summed E-state index contributed by atoms with van der Waals surface area (Å²) in [5.41, 5.74) is 7.84. The third kappa shape index (κ3) is 3.01. The van der Waals surface area contributed by atoms with E-state index in [1.165, 1.54) is 0 Å². The summed E-state index contributed by atoms with van der Waals surface area (Å²) >= 11 is 0. The number of hydrogen-bond acceptors (Lipinski definition) is 2. The Bertz CT molecular complexity index is 765. The number of Topliss-reactive ketones (excluding diaryl/α,β-unsaturated/α-hetero) is 1. The lowest BCUT2D eigenvalue weighted by Crippen LogP contribution is -2.32. The van der Waals surface area contributed by atoms with Crippen molar-refractivity contribution in [3.8, 4) is 0 Å². The van der Waals surface area contributed by atoms with Gasteiger partial charge in [-0.1, -0.05) is 66.7 Å². The summed E-state index contributed by atoms with van der Waals surface area (Å²) in [5, 5.41) is 2.20. The Balaban J connectivity index is 1.82. The number of rotatable bonds is 4. The Kier molecular flexibility index (Phi) is 3.80. The second kappa shape index (κ2) is 5.90. The molecule has 2 heteroatoms. The predicted octanol–water partition coefficient (Wildman–Crippen LogP) is 3.59. The second-order valence-electron chi connectivity index (χ2n) is 5.22. The van der Waals surface area contributed by atoms with Gasteiger partial charge in [-0.25, -0.2) is 0 Å². The molecule has 3 rings (SSSR count). The first-order valence-corrected chi connectivity index (χ1v) is 7.06. The van der Waals surface area contributed by atoms with Crippen LogP contribution in [0.5, 0.6) is 0 Å². The van der Waals surface area contributed by atoms with Crippen molar-refractivity contribution in [2.75, 3.05) is 0 Å². The standard InChI is InChI=1S/C19H17NO/c20-18(12-14-6-2-1-3-7-14)19(21)17-11-10-15-8-4-5-9-16(15)13-17/h1-11,13,18H,12,20H2. The molecule has 0 aliphatic heterocycles. The highest BCUT2D eigenvalue weighted by atomic mass is 16.1. The van der Waals surface area contributed by atoms with Gasteiger partial charge in [0.15, 0.2) is 5.78 Å². The van der Waals surface area contributed by atoms with E-state index in [1.54, 1.807) is 0 Å². The average molecular weight is 275 g/mol. The topological polar surface area (TPSA) is 43.1 Å². The summed E-state index contributed by atoms with van der Waals surface area (Å²) in [6.07, 6.45) is 0.562. The monoisotopic (exact) mass is 275 g/mol. The normalized spacial score (nSPS) is 12.2. The molecule has 0 heterocycles. The summed E-state index contributed by atoms with van der Waals surface area (Å²) in [6, 6.07) is 23.1. The smallest absolute Gasteiger partial charge is 0.179 e. The molecule has 0 aliphatic carbocycles. The highest BCUT2D eigenvalue weighted by Gasteiger charge is 2.16. The van der Waals surface area contributed by atoms with Gasteiger partial charge in [0.1, 0.15) is 0 Å². The maximum Gasteiger partial charge on any atom is 0.179 e. The summed E-state index contributed by atoms with van der Waals surface area (Å²) in [7, 11) is 0. The van der Waals surface area contributed by atoms with Gasteiger partial charge in [0.25, 0.3) is 0 Å². The molecule has 0 bridgehead atoms. The van der Waals surface area contributed by atoms with Crippen LogP contribution in [0.3, 0.4) is 0 Å². The van der Waals surface area contributed by atoms with Crippen molar-refractivity contribution in [3.63, 3.8) is 0 Å². The van der Waals surface area contributed by atoms with Crippen molar-refractivity contribution < 1.29 is 4.79 Å². The fourth-order valence-corrected chi connectivity index (χ4v) is 2.52. The first-order valence-electron chi connectivity index (χ1n) is 7.06. The molecule has 1 atom stereocenters. The Labute approximate surface area is 124 Å². The van der Waals surface area contributed by atoms with Crippen LogP contribution in [0.2, 0.25) is 0 Å². The molecular formula is C19H17NO. The lowest BCUT2D eigenvalue weighted by atomic mass is 9.96. The lowest BCUT2D eigenvalue weighted by molar-refractivity contribution is 0.0961. The maximum atomic E-state index is 12.5. The van der Waals surface area contributed by atoms with Crippen molar-refractivity contribution in [1.29, 1.82) is 0 Å². The molecule has 21 heavy (non-hydrogen) atoms. The van der Waals surface area contributed by atoms with Crippen LogP contribution in [0.1, 0.15) is 15.9 Å². The zero-order valence-corrected chi connectivity index (χ0v) is 11.7. The van der Waals surface area contributed by atoms with Crippen molar-refractivity contribution in [3.05, 3.63) is 83.9 Å². The third-order valence-electron chi connectivity index (χ3n) is 3.67. The van der Waals surface area contributed by atoms with Gasteiger partial charge in [0.05, 0.1) is 6.04 Å². The van der Waals surface area contributed by atoms with E-state index in [1.807, 2.05) is 72.8 Å². The molecule has 2 N–H and O–H groups in total. The summed E-state index contributed by atoms with van der Waals surface area (Å²) in [4.78, 5) is 12.5. The predicted molar refractivity (Wildman–Crippen MR) is 86.4 cm³/mol. The van der Waals surface area contributed by atoms with Gasteiger partial charge in [-0.15, -0.1) is 0 Å². The molecule has 1 unspecified atom stereocenters. The molecule has 0 amide bonds. The van der Waals surface area contributed by atoms with E-state index < -0.39 is 6.04 Å². The van der Waals surface area contributed by atoms with Gasteiger partial charge in [-0.05, 0) is 28.8 Å². The number of carbonyl (C=O) groups is 1. The van der Waals surface area contributed by atoms with Crippen LogP contribution in [0.25, 0.3) is 10.8 Å². The Morgan fingerprint density at radius 2 is 1.52 bits per heavy atom. The van der Waals surface area contributed by atoms with E-state index in [9.17, 15) is 4.79 Å². The molecule has 3 aromatic rings. The molecule has 0 aromatic heterocycles. The second-order valence-corrected chi connectivity index (χ2v) is 5.22. The van der Waals surface area contributed by atoms with E-state index >= 15 is 0 Å². The number of hydrogen-bond donors (Lipinski definition) is 1. The minimum absolute atomic E-state index is 0.00962. The molecular weight excluding hydrogens is 258 g/mol. The summed E-state index contributed by atoms with van der Waals surface area (Å²) in [5.74, 6) is -0.00962. The average Bonchev–Trinajstić information content (AvgIpc) is 2.54. The summed E-state index contributed by atoms with van der Waals surface area (Å²) < 4.78 is 0. The Morgan fingerprint density at radius 3 is 2.29 bits per heavy atom. The van der Waals surface area contributed by atoms with Gasteiger partial charge in [-0.3, -0.25) is 4.79 Å². The van der Waals surface area contributed by atoms with E-state index in [0.717, 1.165) is 16.3 Å². The number of fused-ring (bicyclic) bond motifs is 1. The highest BCUT2D eigenvalue weighted by molar-refractivity contribution is 6.03. The van der Waals surface area contributed by atoms with E-state index in [0.29, 0.717) is 12.0 Å². The van der Waals surface area contributed by atoms with Gasteiger partial charge >= 0.3 is 0 Å². The van der Waals surface area contributed by atoms with Crippen LogP contribution in [-0.4, -0.2) is 11.8 Å². The minimum atomic E-state index is -0.506. The van der Waals surface area contributed by atoms with Gasteiger partial charge < -0.3 is 5.73 Å². The van der Waals surface area contributed by atoms with Crippen molar-refractivity contribution >= 4 is 16.6 Å². The van der Waals surface area contributed by atoms with Crippen LogP contribution in [0, 0.1) is 0 Å². The lowest BCUT2D eigenvalue weighted by Gasteiger charge is -2.11. The van der Waals surface area contributed by atoms with Gasteiger partial charge in [-0.2, -0.15) is 0 Å². The van der Waals surface area contributed by atoms with Crippen LogP contribution in [0.4, 0.5) is 0 Å². The van der Waals surface area contributed by atoms with E-state index in [2.05, 4.69) is 0 Å². The quantitative estimate of drug-likeness (QED) is 0.739. The molecule has 0 spiro atoms. The Morgan fingerprint density at radius 1 is 0.857 bits per heavy atom. The zero-order valence-electron chi connectivity index (χ0n) is 11.7. The molecule has 0 saturated carbocycles. The van der Waals surface area contributed by atoms with Crippen LogP contribution < -0.4 is 5.73 Å². The van der Waals surface area contributed by atoms with Crippen molar-refractivity contribution in [2.24, 2.45) is 5.73 Å². The van der Waals surface area contributed by atoms with Crippen molar-refractivity contribution in [2.45, 2.75) is 12.5 Å². The number of nitrogens with two attached hydrogens (primary N) is 1. The highest BCUT2D eigenvalue weighted by Crippen LogP contribution is 2.17. The first-order chi connectivity index (χ1) is 10.2. The van der Waals surface area contributed by atoms with Crippen LogP contribution in [0.15, 0.2) is 72.8 Å². The van der Waals surface area contributed by atoms with Gasteiger partial charge in [0, 0.05) is 5.56 Å². The molecule has 0 fully saturated rings. The molecule has 2 nitrogen and oxygen atoms in total. The van der Waals surface area contributed by atoms with Crippen LogP contribution in [-0.2, 0) is 6.42 Å². The summed E-state index contributed by atoms with van der Waals surface area (Å²) in [6.45, 7) is 0.